The Morgan fingerprint density at radius 3 is 2.59 bits per heavy atom. The first-order valence-corrected chi connectivity index (χ1v) is 10.1. The molecule has 0 fully saturated rings. The molecule has 0 bridgehead atoms. The second-order valence-electron chi connectivity index (χ2n) is 5.88. The molecule has 2 aromatic carbocycles. The van der Waals surface area contributed by atoms with E-state index >= 15 is 0 Å². The molecule has 5 nitrogen and oxygen atoms in total. The summed E-state index contributed by atoms with van der Waals surface area (Å²) >= 11 is 2.76. The van der Waals surface area contributed by atoms with Crippen LogP contribution in [0.4, 0.5) is 15.2 Å². The van der Waals surface area contributed by atoms with E-state index in [9.17, 15) is 9.18 Å². The summed E-state index contributed by atoms with van der Waals surface area (Å²) in [6, 6.07) is 15.8. The molecule has 0 saturated heterocycles. The number of aromatic nitrogens is 2. The Bertz CT molecular complexity index is 886. The number of para-hydroxylation sites is 1. The molecule has 8 heteroatoms. The predicted octanol–water partition coefficient (Wildman–Crippen LogP) is 4.73. The second kappa shape index (κ2) is 8.96. The van der Waals surface area contributed by atoms with Crippen LogP contribution in [0, 0.1) is 5.82 Å². The van der Waals surface area contributed by atoms with Gasteiger partial charge in [-0.15, -0.1) is 10.2 Å². The Balaban J connectivity index is 1.53. The molecule has 1 atom stereocenters. The van der Waals surface area contributed by atoms with Crippen LogP contribution in [0.2, 0.25) is 0 Å². The third-order valence-electron chi connectivity index (χ3n) is 4.08. The van der Waals surface area contributed by atoms with E-state index in [1.54, 1.807) is 24.1 Å². The Labute approximate surface area is 165 Å². The quantitative estimate of drug-likeness (QED) is 0.579. The fourth-order valence-corrected chi connectivity index (χ4v) is 4.07. The summed E-state index contributed by atoms with van der Waals surface area (Å²) in [6.07, 6.45) is 0. The molecule has 1 heterocycles. The zero-order chi connectivity index (χ0) is 19.2. The van der Waals surface area contributed by atoms with Crippen LogP contribution in [0.3, 0.4) is 0 Å². The van der Waals surface area contributed by atoms with Gasteiger partial charge in [0, 0.05) is 12.7 Å². The Morgan fingerprint density at radius 1 is 1.19 bits per heavy atom. The van der Waals surface area contributed by atoms with Crippen LogP contribution in [-0.2, 0) is 4.79 Å². The van der Waals surface area contributed by atoms with Gasteiger partial charge in [-0.25, -0.2) is 4.39 Å². The van der Waals surface area contributed by atoms with Crippen molar-refractivity contribution in [2.24, 2.45) is 0 Å². The maximum absolute atomic E-state index is 13.1. The lowest BCUT2D eigenvalue weighted by molar-refractivity contribution is -0.128. The summed E-state index contributed by atoms with van der Waals surface area (Å²) < 4.78 is 13.8. The number of thioether (sulfide) groups is 1. The monoisotopic (exact) mass is 402 g/mol. The van der Waals surface area contributed by atoms with Crippen molar-refractivity contribution in [3.63, 3.8) is 0 Å². The molecule has 0 radical (unpaired) electrons. The van der Waals surface area contributed by atoms with Crippen molar-refractivity contribution in [1.82, 2.24) is 15.1 Å². The minimum atomic E-state index is -0.285. The highest BCUT2D eigenvalue weighted by molar-refractivity contribution is 8.01. The van der Waals surface area contributed by atoms with Gasteiger partial charge in [-0.2, -0.15) is 0 Å². The van der Waals surface area contributed by atoms with Gasteiger partial charge in [0.15, 0.2) is 4.34 Å². The van der Waals surface area contributed by atoms with Crippen LogP contribution in [-0.4, -0.2) is 33.8 Å². The first-order valence-electron chi connectivity index (χ1n) is 8.32. The fraction of sp³-hybridized carbons (Fsp3) is 0.211. The second-order valence-corrected chi connectivity index (χ2v) is 8.08. The van der Waals surface area contributed by atoms with Gasteiger partial charge in [-0.1, -0.05) is 53.4 Å². The Morgan fingerprint density at radius 2 is 1.89 bits per heavy atom. The molecule has 0 aliphatic rings. The van der Waals surface area contributed by atoms with Crippen LogP contribution < -0.4 is 5.32 Å². The van der Waals surface area contributed by atoms with E-state index in [0.29, 0.717) is 5.13 Å². The largest absolute Gasteiger partial charge is 0.338 e. The molecule has 0 aliphatic heterocycles. The lowest BCUT2D eigenvalue weighted by Crippen LogP contribution is -2.31. The van der Waals surface area contributed by atoms with Crippen LogP contribution in [0.25, 0.3) is 0 Å². The predicted molar refractivity (Wildman–Crippen MR) is 108 cm³/mol. The van der Waals surface area contributed by atoms with Crippen molar-refractivity contribution in [3.05, 3.63) is 66.0 Å². The van der Waals surface area contributed by atoms with E-state index < -0.39 is 0 Å². The van der Waals surface area contributed by atoms with Gasteiger partial charge in [0.2, 0.25) is 11.0 Å². The highest BCUT2D eigenvalue weighted by Gasteiger charge is 2.18. The van der Waals surface area contributed by atoms with E-state index in [4.69, 9.17) is 0 Å². The number of amides is 1. The summed E-state index contributed by atoms with van der Waals surface area (Å²) in [6.45, 7) is 1.92. The minimum absolute atomic E-state index is 0.0235. The number of halogens is 1. The summed E-state index contributed by atoms with van der Waals surface area (Å²) in [5.41, 5.74) is 1.83. The molecular formula is C19H19FN4OS2. The van der Waals surface area contributed by atoms with Crippen LogP contribution in [0.1, 0.15) is 18.5 Å². The van der Waals surface area contributed by atoms with Crippen molar-refractivity contribution < 1.29 is 9.18 Å². The summed E-state index contributed by atoms with van der Waals surface area (Å²) in [5, 5.41) is 12.1. The number of benzene rings is 2. The average Bonchev–Trinajstić information content (AvgIpc) is 3.13. The number of carbonyl (C=O) groups excluding carboxylic acids is 1. The maximum Gasteiger partial charge on any atom is 0.233 e. The van der Waals surface area contributed by atoms with Crippen molar-refractivity contribution in [3.8, 4) is 0 Å². The Hall–Kier alpha value is -2.45. The normalized spacial score (nSPS) is 11.8. The molecule has 0 saturated carbocycles. The maximum atomic E-state index is 13.1. The van der Waals surface area contributed by atoms with Gasteiger partial charge in [-0.3, -0.25) is 4.79 Å². The SMILES string of the molecule is CC(c1ccc(F)cc1)N(C)C(=O)CSc1nnc(Nc2ccccc2)s1. The third kappa shape index (κ3) is 5.27. The number of nitrogens with one attached hydrogen (secondary N) is 1. The van der Waals surface area contributed by atoms with Gasteiger partial charge in [0.25, 0.3) is 0 Å². The van der Waals surface area contributed by atoms with E-state index in [-0.39, 0.29) is 23.5 Å². The summed E-state index contributed by atoms with van der Waals surface area (Å²) in [5.74, 6) is -0.0431. The van der Waals surface area contributed by atoms with E-state index in [2.05, 4.69) is 15.5 Å². The van der Waals surface area contributed by atoms with Crippen LogP contribution in [0.5, 0.6) is 0 Å². The van der Waals surface area contributed by atoms with Gasteiger partial charge in [0.1, 0.15) is 5.82 Å². The van der Waals surface area contributed by atoms with Gasteiger partial charge < -0.3 is 10.2 Å². The highest BCUT2D eigenvalue weighted by Crippen LogP contribution is 2.28. The number of hydrogen-bond donors (Lipinski definition) is 1. The zero-order valence-electron chi connectivity index (χ0n) is 14.9. The van der Waals surface area contributed by atoms with Crippen molar-refractivity contribution in [2.75, 3.05) is 18.1 Å². The van der Waals surface area contributed by atoms with Crippen molar-refractivity contribution in [2.45, 2.75) is 17.3 Å². The van der Waals surface area contributed by atoms with Crippen molar-refractivity contribution >= 4 is 39.8 Å². The molecule has 0 aliphatic carbocycles. The van der Waals surface area contributed by atoms with Gasteiger partial charge >= 0.3 is 0 Å². The fourth-order valence-electron chi connectivity index (χ4n) is 2.37. The number of anilines is 2. The minimum Gasteiger partial charge on any atom is -0.338 e. The third-order valence-corrected chi connectivity index (χ3v) is 6.03. The van der Waals surface area contributed by atoms with Crippen LogP contribution >= 0.6 is 23.1 Å². The Kier molecular flexibility index (Phi) is 6.41. The van der Waals surface area contributed by atoms with Gasteiger partial charge in [0.05, 0.1) is 11.8 Å². The van der Waals surface area contributed by atoms with Crippen molar-refractivity contribution in [1.29, 1.82) is 0 Å². The molecule has 0 spiro atoms. The van der Waals surface area contributed by atoms with Crippen LogP contribution in [0.15, 0.2) is 58.9 Å². The molecule has 3 rings (SSSR count). The molecule has 3 aromatic rings. The number of hydrogen-bond acceptors (Lipinski definition) is 6. The zero-order valence-corrected chi connectivity index (χ0v) is 16.6. The molecule has 1 amide bonds. The lowest BCUT2D eigenvalue weighted by Gasteiger charge is -2.25. The number of nitrogens with zero attached hydrogens (tertiary/aromatic N) is 3. The highest BCUT2D eigenvalue weighted by atomic mass is 32.2. The first-order chi connectivity index (χ1) is 13.0. The van der Waals surface area contributed by atoms with E-state index in [0.717, 1.165) is 15.6 Å². The molecule has 1 unspecified atom stereocenters. The summed E-state index contributed by atoms with van der Waals surface area (Å²) in [7, 11) is 1.75. The van der Waals surface area contributed by atoms with Gasteiger partial charge in [-0.05, 0) is 36.8 Å². The molecule has 140 valence electrons. The summed E-state index contributed by atoms with van der Waals surface area (Å²) in [4.78, 5) is 14.1. The molecule has 1 N–H and O–H groups in total. The average molecular weight is 403 g/mol. The van der Waals surface area contributed by atoms with E-state index in [1.165, 1.54) is 35.2 Å². The standard InChI is InChI=1S/C19H19FN4OS2/c1-13(14-8-10-15(20)11-9-14)24(2)17(25)12-26-19-23-22-18(27-19)21-16-6-4-3-5-7-16/h3-11,13H,12H2,1-2H3,(H,21,22). The molecular weight excluding hydrogens is 383 g/mol. The smallest absolute Gasteiger partial charge is 0.233 e. The molecule has 1 aromatic heterocycles. The first kappa shape index (κ1) is 19.3. The topological polar surface area (TPSA) is 58.1 Å². The molecule has 27 heavy (non-hydrogen) atoms. The number of rotatable bonds is 7. The van der Waals surface area contributed by atoms with E-state index in [1.807, 2.05) is 37.3 Å². The lowest BCUT2D eigenvalue weighted by atomic mass is 10.1. The number of carbonyl (C=O) groups is 1.